The summed E-state index contributed by atoms with van der Waals surface area (Å²) >= 11 is 0. The molecule has 2 heterocycles. The number of aromatic nitrogens is 3. The monoisotopic (exact) mass is 307 g/mol. The maximum absolute atomic E-state index is 5.71. The molecule has 3 N–H and O–H groups in total. The van der Waals surface area contributed by atoms with Gasteiger partial charge in [0, 0.05) is 23.6 Å². The summed E-state index contributed by atoms with van der Waals surface area (Å²) in [5.41, 5.74) is 6.72. The molecule has 1 aliphatic carbocycles. The molecule has 0 atom stereocenters. The zero-order valence-corrected chi connectivity index (χ0v) is 13.1. The van der Waals surface area contributed by atoms with Crippen LogP contribution in [-0.4, -0.2) is 14.6 Å². The van der Waals surface area contributed by atoms with Gasteiger partial charge in [-0.25, -0.2) is 10.8 Å². The first-order chi connectivity index (χ1) is 11.3. The third-order valence-electron chi connectivity index (χ3n) is 4.69. The van der Waals surface area contributed by atoms with Crippen molar-refractivity contribution in [1.29, 1.82) is 0 Å². The molecule has 2 aromatic heterocycles. The van der Waals surface area contributed by atoms with Crippen LogP contribution in [0.4, 0.5) is 5.82 Å². The quantitative estimate of drug-likeness (QED) is 0.571. The van der Waals surface area contributed by atoms with Crippen LogP contribution in [0.1, 0.15) is 43.7 Å². The van der Waals surface area contributed by atoms with E-state index in [1.54, 1.807) is 0 Å². The van der Waals surface area contributed by atoms with Crippen LogP contribution in [0.15, 0.2) is 42.5 Å². The Kier molecular flexibility index (Phi) is 3.71. The van der Waals surface area contributed by atoms with Crippen LogP contribution >= 0.6 is 0 Å². The number of anilines is 1. The Hall–Kier alpha value is -2.40. The van der Waals surface area contributed by atoms with Gasteiger partial charge in [-0.3, -0.25) is 0 Å². The Bertz CT molecular complexity index is 803. The average Bonchev–Trinajstić information content (AvgIpc) is 3.06. The van der Waals surface area contributed by atoms with Gasteiger partial charge in [0.25, 0.3) is 0 Å². The average molecular weight is 307 g/mol. The van der Waals surface area contributed by atoms with Crippen LogP contribution in [0.3, 0.4) is 0 Å². The lowest BCUT2D eigenvalue weighted by Gasteiger charge is -2.19. The maximum Gasteiger partial charge on any atom is 0.158 e. The van der Waals surface area contributed by atoms with E-state index in [4.69, 9.17) is 15.9 Å². The number of hydrogen-bond donors (Lipinski definition) is 2. The summed E-state index contributed by atoms with van der Waals surface area (Å²) in [6, 6.07) is 14.2. The summed E-state index contributed by atoms with van der Waals surface area (Å²) in [5.74, 6) is 7.02. The second-order valence-electron chi connectivity index (χ2n) is 6.21. The molecular formula is C18H21N5. The molecule has 0 aliphatic heterocycles. The number of nitrogen functional groups attached to an aromatic ring is 1. The minimum Gasteiger partial charge on any atom is -0.308 e. The van der Waals surface area contributed by atoms with Gasteiger partial charge in [0.1, 0.15) is 5.82 Å². The van der Waals surface area contributed by atoms with Crippen LogP contribution < -0.4 is 11.3 Å². The standard InChI is InChI=1S/C18H21N5/c19-21-18-11-15(13-7-3-1-4-8-13)20-17-12-16(22-23(17)18)14-9-5-2-6-10-14/h1,3-4,7-8,11-12,14,21H,2,5-6,9-10,19H2. The summed E-state index contributed by atoms with van der Waals surface area (Å²) in [7, 11) is 0. The van der Waals surface area contributed by atoms with Crippen molar-refractivity contribution in [2.75, 3.05) is 5.43 Å². The van der Waals surface area contributed by atoms with E-state index in [1.165, 1.54) is 32.1 Å². The van der Waals surface area contributed by atoms with Crippen LogP contribution in [0.2, 0.25) is 0 Å². The van der Waals surface area contributed by atoms with E-state index >= 15 is 0 Å². The molecular weight excluding hydrogens is 286 g/mol. The van der Waals surface area contributed by atoms with E-state index in [-0.39, 0.29) is 0 Å². The lowest BCUT2D eigenvalue weighted by Crippen LogP contribution is -2.12. The Morgan fingerprint density at radius 1 is 1.04 bits per heavy atom. The first kappa shape index (κ1) is 14.2. The lowest BCUT2D eigenvalue weighted by atomic mass is 9.87. The van der Waals surface area contributed by atoms with Gasteiger partial charge in [-0.1, -0.05) is 49.6 Å². The number of fused-ring (bicyclic) bond motifs is 1. The van der Waals surface area contributed by atoms with Crippen LogP contribution in [0.5, 0.6) is 0 Å². The first-order valence-corrected chi connectivity index (χ1v) is 8.28. The fraction of sp³-hybridized carbons (Fsp3) is 0.333. The van der Waals surface area contributed by atoms with Gasteiger partial charge in [-0.05, 0) is 12.8 Å². The molecule has 0 bridgehead atoms. The molecule has 0 unspecified atom stereocenters. The van der Waals surface area contributed by atoms with Gasteiger partial charge < -0.3 is 5.43 Å². The van der Waals surface area contributed by atoms with E-state index in [2.05, 4.69) is 23.6 Å². The number of rotatable bonds is 3. The van der Waals surface area contributed by atoms with Crippen molar-refractivity contribution in [3.63, 3.8) is 0 Å². The summed E-state index contributed by atoms with van der Waals surface area (Å²) < 4.78 is 1.82. The van der Waals surface area contributed by atoms with E-state index in [0.717, 1.165) is 28.4 Å². The van der Waals surface area contributed by atoms with Crippen molar-refractivity contribution in [3.05, 3.63) is 48.2 Å². The number of benzene rings is 1. The van der Waals surface area contributed by atoms with Crippen LogP contribution in [0, 0.1) is 0 Å². The normalized spacial score (nSPS) is 15.9. The van der Waals surface area contributed by atoms with E-state index in [0.29, 0.717) is 5.92 Å². The third-order valence-corrected chi connectivity index (χ3v) is 4.69. The molecule has 0 radical (unpaired) electrons. The topological polar surface area (TPSA) is 68.2 Å². The molecule has 0 spiro atoms. The second kappa shape index (κ2) is 6.01. The predicted molar refractivity (Wildman–Crippen MR) is 92.1 cm³/mol. The predicted octanol–water partition coefficient (Wildman–Crippen LogP) is 3.73. The van der Waals surface area contributed by atoms with Gasteiger partial charge in [-0.2, -0.15) is 9.61 Å². The minimum absolute atomic E-state index is 0.552. The molecule has 5 nitrogen and oxygen atoms in total. The summed E-state index contributed by atoms with van der Waals surface area (Å²) in [5, 5.41) is 4.75. The molecule has 5 heteroatoms. The highest BCUT2D eigenvalue weighted by Crippen LogP contribution is 2.33. The van der Waals surface area contributed by atoms with E-state index in [9.17, 15) is 0 Å². The molecule has 23 heavy (non-hydrogen) atoms. The zero-order chi connectivity index (χ0) is 15.6. The van der Waals surface area contributed by atoms with Crippen molar-refractivity contribution >= 4 is 11.5 Å². The Morgan fingerprint density at radius 2 is 1.83 bits per heavy atom. The van der Waals surface area contributed by atoms with Gasteiger partial charge in [0.2, 0.25) is 0 Å². The molecule has 1 aromatic carbocycles. The highest BCUT2D eigenvalue weighted by Gasteiger charge is 2.20. The van der Waals surface area contributed by atoms with Crippen LogP contribution in [-0.2, 0) is 0 Å². The number of nitrogens with one attached hydrogen (secondary N) is 1. The highest BCUT2D eigenvalue weighted by atomic mass is 15.4. The van der Waals surface area contributed by atoms with Gasteiger partial charge in [-0.15, -0.1) is 0 Å². The molecule has 0 amide bonds. The Morgan fingerprint density at radius 3 is 2.57 bits per heavy atom. The molecule has 4 rings (SSSR count). The van der Waals surface area contributed by atoms with Gasteiger partial charge >= 0.3 is 0 Å². The van der Waals surface area contributed by atoms with Crippen molar-refractivity contribution < 1.29 is 0 Å². The molecule has 1 fully saturated rings. The highest BCUT2D eigenvalue weighted by molar-refractivity contribution is 5.66. The fourth-order valence-corrected chi connectivity index (χ4v) is 3.45. The zero-order valence-electron chi connectivity index (χ0n) is 13.1. The summed E-state index contributed by atoms with van der Waals surface area (Å²) in [6.45, 7) is 0. The smallest absolute Gasteiger partial charge is 0.158 e. The van der Waals surface area contributed by atoms with Gasteiger partial charge in [0.15, 0.2) is 5.65 Å². The number of nitrogens with two attached hydrogens (primary N) is 1. The number of nitrogens with zero attached hydrogens (tertiary/aromatic N) is 3. The number of hydrazine groups is 1. The first-order valence-electron chi connectivity index (χ1n) is 8.28. The van der Waals surface area contributed by atoms with Crippen LogP contribution in [0.25, 0.3) is 16.9 Å². The van der Waals surface area contributed by atoms with Gasteiger partial charge in [0.05, 0.1) is 11.4 Å². The van der Waals surface area contributed by atoms with E-state index < -0.39 is 0 Å². The third kappa shape index (κ3) is 2.68. The fourth-order valence-electron chi connectivity index (χ4n) is 3.45. The van der Waals surface area contributed by atoms with Crippen molar-refractivity contribution in [3.8, 4) is 11.3 Å². The molecule has 118 valence electrons. The molecule has 1 saturated carbocycles. The lowest BCUT2D eigenvalue weighted by molar-refractivity contribution is 0.435. The van der Waals surface area contributed by atoms with E-state index in [1.807, 2.05) is 28.8 Å². The molecule has 1 aliphatic rings. The largest absolute Gasteiger partial charge is 0.308 e. The molecule has 3 aromatic rings. The summed E-state index contributed by atoms with van der Waals surface area (Å²) in [4.78, 5) is 4.77. The van der Waals surface area contributed by atoms with Crippen molar-refractivity contribution in [1.82, 2.24) is 14.6 Å². The minimum atomic E-state index is 0.552. The second-order valence-corrected chi connectivity index (χ2v) is 6.21. The summed E-state index contributed by atoms with van der Waals surface area (Å²) in [6.07, 6.45) is 6.38. The SMILES string of the molecule is NNc1cc(-c2ccccc2)nc2cc(C3CCCCC3)nn12. The Labute approximate surface area is 135 Å². The number of hydrogen-bond acceptors (Lipinski definition) is 4. The molecule has 0 saturated heterocycles. The Balaban J connectivity index is 1.80. The van der Waals surface area contributed by atoms with Crippen molar-refractivity contribution in [2.24, 2.45) is 5.84 Å². The van der Waals surface area contributed by atoms with Crippen molar-refractivity contribution in [2.45, 2.75) is 38.0 Å². The maximum atomic E-state index is 5.71.